The van der Waals surface area contributed by atoms with E-state index in [9.17, 15) is 10.2 Å². The van der Waals surface area contributed by atoms with Crippen molar-refractivity contribution in [1.29, 1.82) is 0 Å². The highest BCUT2D eigenvalue weighted by molar-refractivity contribution is 5.70. The van der Waals surface area contributed by atoms with Crippen LogP contribution in [-0.4, -0.2) is 72.7 Å². The van der Waals surface area contributed by atoms with Crippen LogP contribution in [-0.2, 0) is 5.41 Å². The topological polar surface area (TPSA) is 105 Å². The molecule has 1 aromatic carbocycles. The van der Waals surface area contributed by atoms with Crippen molar-refractivity contribution in [3.05, 3.63) is 46.4 Å². The molecule has 0 unspecified atom stereocenters. The standard InChI is InChI=1S/C22H29N5O3/c1-4-20-8-5-10-27-11-9-21(17(20)27)15-7-6-14(30-3)12-16(15)26(2)18(21)22(29,19(20)28)13-24-25-23/h5-8,12,17-19,28-29H,4,9-11,13H2,1-3H3/t17-,18+,19+,20+,21+,22-/m0/s1. The van der Waals surface area contributed by atoms with Gasteiger partial charge < -0.3 is 19.8 Å². The maximum Gasteiger partial charge on any atom is 0.120 e. The second kappa shape index (κ2) is 6.37. The first-order valence-electron chi connectivity index (χ1n) is 10.6. The highest BCUT2D eigenvalue weighted by Crippen LogP contribution is 2.66. The molecule has 30 heavy (non-hydrogen) atoms. The van der Waals surface area contributed by atoms with E-state index in [4.69, 9.17) is 10.3 Å². The molecule has 0 aromatic heterocycles. The number of nitrogens with zero attached hydrogens (tertiary/aromatic N) is 5. The molecule has 1 aliphatic carbocycles. The van der Waals surface area contributed by atoms with Crippen molar-refractivity contribution in [3.8, 4) is 5.75 Å². The Morgan fingerprint density at radius 1 is 1.37 bits per heavy atom. The van der Waals surface area contributed by atoms with Gasteiger partial charge in [0.25, 0.3) is 0 Å². The van der Waals surface area contributed by atoms with Crippen molar-refractivity contribution in [2.75, 3.05) is 38.7 Å². The summed E-state index contributed by atoms with van der Waals surface area (Å²) >= 11 is 0. The summed E-state index contributed by atoms with van der Waals surface area (Å²) in [6.07, 6.45) is 4.74. The lowest BCUT2D eigenvalue weighted by Gasteiger charge is -2.64. The fourth-order valence-corrected chi connectivity index (χ4v) is 7.42. The molecule has 160 valence electrons. The first kappa shape index (κ1) is 19.7. The van der Waals surface area contributed by atoms with Gasteiger partial charge in [0.2, 0.25) is 0 Å². The minimum absolute atomic E-state index is 0.0587. The average molecular weight is 412 g/mol. The van der Waals surface area contributed by atoms with Crippen LogP contribution in [0.3, 0.4) is 0 Å². The molecule has 8 heteroatoms. The van der Waals surface area contributed by atoms with Crippen molar-refractivity contribution in [2.45, 2.75) is 49.0 Å². The number of fused-ring (bicyclic) bond motifs is 1. The van der Waals surface area contributed by atoms with Crippen LogP contribution >= 0.6 is 0 Å². The van der Waals surface area contributed by atoms with Crippen LogP contribution in [0.5, 0.6) is 5.75 Å². The zero-order valence-corrected chi connectivity index (χ0v) is 17.7. The largest absolute Gasteiger partial charge is 0.497 e. The summed E-state index contributed by atoms with van der Waals surface area (Å²) in [5.41, 5.74) is 8.65. The molecule has 4 aliphatic rings. The van der Waals surface area contributed by atoms with Crippen molar-refractivity contribution < 1.29 is 14.9 Å². The van der Waals surface area contributed by atoms with Crippen molar-refractivity contribution in [1.82, 2.24) is 4.90 Å². The maximum absolute atomic E-state index is 12.1. The normalized spacial score (nSPS) is 41.1. The number of methoxy groups -OCH3 is 1. The van der Waals surface area contributed by atoms with Crippen LogP contribution in [0.25, 0.3) is 10.4 Å². The minimum atomic E-state index is -1.59. The van der Waals surface area contributed by atoms with Crippen LogP contribution in [0, 0.1) is 5.41 Å². The Morgan fingerprint density at radius 2 is 2.17 bits per heavy atom. The number of benzene rings is 1. The second-order valence-corrected chi connectivity index (χ2v) is 9.24. The molecular weight excluding hydrogens is 382 g/mol. The number of azide groups is 1. The lowest BCUT2D eigenvalue weighted by atomic mass is 9.48. The Morgan fingerprint density at radius 3 is 2.87 bits per heavy atom. The minimum Gasteiger partial charge on any atom is -0.497 e. The number of hydrogen-bond donors (Lipinski definition) is 2. The molecule has 1 spiro atoms. The van der Waals surface area contributed by atoms with E-state index in [-0.39, 0.29) is 18.0 Å². The highest BCUT2D eigenvalue weighted by atomic mass is 16.5. The molecule has 5 rings (SSSR count). The van der Waals surface area contributed by atoms with Crippen LogP contribution in [0.15, 0.2) is 35.5 Å². The third kappa shape index (κ3) is 2.05. The lowest BCUT2D eigenvalue weighted by Crippen LogP contribution is -2.79. The van der Waals surface area contributed by atoms with Gasteiger partial charge in [0.1, 0.15) is 11.4 Å². The number of likely N-dealkylation sites (N-methyl/N-ethyl adjacent to an activating group) is 1. The fourth-order valence-electron chi connectivity index (χ4n) is 7.42. The average Bonchev–Trinajstić information content (AvgIpc) is 3.28. The fraction of sp³-hybridized carbons (Fsp3) is 0.636. The van der Waals surface area contributed by atoms with Gasteiger partial charge in [-0.3, -0.25) is 4.90 Å². The summed E-state index contributed by atoms with van der Waals surface area (Å²) in [5, 5.41) is 27.6. The smallest absolute Gasteiger partial charge is 0.120 e. The molecule has 8 nitrogen and oxygen atoms in total. The molecule has 2 fully saturated rings. The molecule has 1 saturated heterocycles. The Bertz CT molecular complexity index is 962. The summed E-state index contributed by atoms with van der Waals surface area (Å²) in [4.78, 5) is 7.46. The van der Waals surface area contributed by atoms with E-state index in [1.807, 2.05) is 19.2 Å². The Hall–Kier alpha value is -2.25. The number of ether oxygens (including phenoxy) is 1. The van der Waals surface area contributed by atoms with Crippen LogP contribution in [0.2, 0.25) is 0 Å². The number of anilines is 1. The van der Waals surface area contributed by atoms with Crippen molar-refractivity contribution in [2.24, 2.45) is 10.5 Å². The molecule has 0 amide bonds. The van der Waals surface area contributed by atoms with Gasteiger partial charge in [0, 0.05) is 47.1 Å². The molecule has 3 heterocycles. The summed E-state index contributed by atoms with van der Waals surface area (Å²) in [6.45, 7) is 3.65. The van der Waals surface area contributed by atoms with E-state index < -0.39 is 23.2 Å². The van der Waals surface area contributed by atoms with E-state index >= 15 is 0 Å². The van der Waals surface area contributed by atoms with Gasteiger partial charge >= 0.3 is 0 Å². The van der Waals surface area contributed by atoms with Crippen LogP contribution in [0.1, 0.15) is 25.3 Å². The van der Waals surface area contributed by atoms with E-state index in [0.717, 1.165) is 30.9 Å². The zero-order valence-electron chi connectivity index (χ0n) is 17.7. The van der Waals surface area contributed by atoms with Gasteiger partial charge in [-0.2, -0.15) is 0 Å². The maximum atomic E-state index is 12.1. The van der Waals surface area contributed by atoms with Gasteiger partial charge in [0.15, 0.2) is 0 Å². The van der Waals surface area contributed by atoms with Gasteiger partial charge in [-0.25, -0.2) is 0 Å². The van der Waals surface area contributed by atoms with E-state index in [1.54, 1.807) is 7.11 Å². The molecule has 6 atom stereocenters. The summed E-state index contributed by atoms with van der Waals surface area (Å²) in [5.74, 6) is 0.759. The van der Waals surface area contributed by atoms with Gasteiger partial charge in [-0.15, -0.1) is 0 Å². The monoisotopic (exact) mass is 411 g/mol. The third-order valence-corrected chi connectivity index (χ3v) is 8.36. The predicted molar refractivity (Wildman–Crippen MR) is 114 cm³/mol. The number of rotatable bonds is 4. The third-order valence-electron chi connectivity index (χ3n) is 8.36. The van der Waals surface area contributed by atoms with Crippen LogP contribution < -0.4 is 9.64 Å². The molecule has 1 aromatic rings. The van der Waals surface area contributed by atoms with Crippen molar-refractivity contribution >= 4 is 5.69 Å². The van der Waals surface area contributed by atoms with E-state index in [0.29, 0.717) is 6.42 Å². The molecule has 2 N–H and O–H groups in total. The van der Waals surface area contributed by atoms with E-state index in [1.165, 1.54) is 5.56 Å². The molecule has 3 aliphatic heterocycles. The quantitative estimate of drug-likeness (QED) is 0.342. The Balaban J connectivity index is 1.82. The summed E-state index contributed by atoms with van der Waals surface area (Å²) in [6, 6.07) is 5.77. The predicted octanol–water partition coefficient (Wildman–Crippen LogP) is 2.21. The molecular formula is C22H29N5O3. The van der Waals surface area contributed by atoms with Crippen molar-refractivity contribution in [3.63, 3.8) is 0 Å². The Kier molecular flexibility index (Phi) is 4.19. The summed E-state index contributed by atoms with van der Waals surface area (Å²) < 4.78 is 5.48. The number of aliphatic hydroxyl groups is 2. The van der Waals surface area contributed by atoms with Gasteiger partial charge in [-0.05, 0) is 36.5 Å². The first-order chi connectivity index (χ1) is 14.4. The summed E-state index contributed by atoms with van der Waals surface area (Å²) in [7, 11) is 3.61. The SMILES string of the molecule is CC[C@]12C=CCN3CC[C@@]4(c5ccc(OC)cc5N(C)[C@H]4[C@@](O)(CN=[N+]=[N-])[C@@H]1O)[C@@H]32. The number of aliphatic hydroxyl groups excluding tert-OH is 1. The molecule has 1 saturated carbocycles. The van der Waals surface area contributed by atoms with E-state index in [2.05, 4.69) is 45.0 Å². The molecule has 0 bridgehead atoms. The number of hydrogen-bond acceptors (Lipinski definition) is 6. The Labute approximate surface area is 176 Å². The van der Waals surface area contributed by atoms with Crippen LogP contribution in [0.4, 0.5) is 5.69 Å². The lowest BCUT2D eigenvalue weighted by molar-refractivity contribution is -0.194. The first-order valence-corrected chi connectivity index (χ1v) is 10.6. The zero-order chi connectivity index (χ0) is 21.3. The van der Waals surface area contributed by atoms with Gasteiger partial charge in [0.05, 0.1) is 25.8 Å². The van der Waals surface area contributed by atoms with Gasteiger partial charge in [-0.1, -0.05) is 30.3 Å². The second-order valence-electron chi connectivity index (χ2n) is 9.24. The molecule has 0 radical (unpaired) electrons. The highest BCUT2D eigenvalue weighted by Gasteiger charge is 2.76.